The van der Waals surface area contributed by atoms with Gasteiger partial charge in [0.05, 0.1) is 0 Å². The maximum Gasteiger partial charge on any atom is 0.160 e. The summed E-state index contributed by atoms with van der Waals surface area (Å²) in [5.74, 6) is -6.01. The molecule has 1 aromatic rings. The molecule has 0 spiro atoms. The summed E-state index contributed by atoms with van der Waals surface area (Å²) in [7, 11) is 0. The predicted octanol–water partition coefficient (Wildman–Crippen LogP) is 2.15. The highest BCUT2D eigenvalue weighted by molar-refractivity contribution is 7.58. The van der Waals surface area contributed by atoms with Crippen molar-refractivity contribution in [2.45, 2.75) is 4.90 Å². The van der Waals surface area contributed by atoms with Gasteiger partial charge in [0.25, 0.3) is 0 Å². The molecule has 0 bridgehead atoms. The molecule has 0 unspecified atom stereocenters. The van der Waals surface area contributed by atoms with Crippen molar-refractivity contribution in [2.24, 2.45) is 0 Å². The smallest absolute Gasteiger partial charge is 0.160 e. The van der Waals surface area contributed by atoms with Crippen LogP contribution in [0.2, 0.25) is 0 Å². The van der Waals surface area contributed by atoms with Gasteiger partial charge < -0.3 is 12.6 Å². The Bertz CT molecular complexity index is 271. The van der Waals surface area contributed by atoms with Crippen LogP contribution in [0.4, 0.5) is 17.6 Å². The van der Waals surface area contributed by atoms with Crippen LogP contribution in [-0.4, -0.2) is 0 Å². The van der Waals surface area contributed by atoms with Crippen LogP contribution in [0, 0.1) is 23.3 Å². The van der Waals surface area contributed by atoms with Crippen LogP contribution in [0.3, 0.4) is 0 Å². The number of rotatable bonds is 0. The van der Waals surface area contributed by atoms with Crippen LogP contribution in [0.1, 0.15) is 0 Å². The molecule has 0 atom stereocenters. The summed E-state index contributed by atoms with van der Waals surface area (Å²) in [4.78, 5) is -1.05. The van der Waals surface area contributed by atoms with E-state index in [1.54, 1.807) is 0 Å². The van der Waals surface area contributed by atoms with Crippen molar-refractivity contribution >= 4 is 12.6 Å². The summed E-state index contributed by atoms with van der Waals surface area (Å²) in [6, 6.07) is 0.112. The Kier molecular flexibility index (Phi) is 1.99. The van der Waals surface area contributed by atoms with Gasteiger partial charge in [0.1, 0.15) is 11.6 Å². The van der Waals surface area contributed by atoms with Gasteiger partial charge in [0.15, 0.2) is 11.6 Å². The first-order chi connectivity index (χ1) is 5.04. The molecule has 1 aromatic carbocycles. The molecule has 5 heteroatoms. The van der Waals surface area contributed by atoms with Crippen molar-refractivity contribution in [1.29, 1.82) is 0 Å². The van der Waals surface area contributed by atoms with E-state index in [1.165, 1.54) is 0 Å². The van der Waals surface area contributed by atoms with Crippen molar-refractivity contribution in [3.05, 3.63) is 29.3 Å². The SMILES string of the molecule is Fc1cc(F)c(F)c([S-])c1F. The van der Waals surface area contributed by atoms with E-state index in [4.69, 9.17) is 0 Å². The fourth-order valence-electron chi connectivity index (χ4n) is 0.551. The van der Waals surface area contributed by atoms with Crippen LogP contribution < -0.4 is 0 Å². The van der Waals surface area contributed by atoms with Gasteiger partial charge in [-0.1, -0.05) is 4.90 Å². The zero-order chi connectivity index (χ0) is 8.59. The Morgan fingerprint density at radius 2 is 1.27 bits per heavy atom. The standard InChI is InChI=1S/C6H2F4S/c7-2-1-3(8)5(10)6(11)4(2)9/h1,11H/p-1. The monoisotopic (exact) mass is 181 g/mol. The van der Waals surface area contributed by atoms with Gasteiger partial charge in [-0.3, -0.25) is 0 Å². The summed E-state index contributed by atoms with van der Waals surface area (Å²) in [6.07, 6.45) is 0. The normalized spacial score (nSPS) is 10.2. The van der Waals surface area contributed by atoms with E-state index in [0.29, 0.717) is 0 Å². The quantitative estimate of drug-likeness (QED) is 0.335. The molecule has 0 heterocycles. The third-order valence-electron chi connectivity index (χ3n) is 1.07. The molecule has 0 radical (unpaired) electrons. The van der Waals surface area contributed by atoms with Gasteiger partial charge in [-0.25, -0.2) is 17.6 Å². The molecule has 0 saturated carbocycles. The highest BCUT2D eigenvalue weighted by Gasteiger charge is 2.10. The average molecular weight is 181 g/mol. The fourth-order valence-corrected chi connectivity index (χ4v) is 0.746. The van der Waals surface area contributed by atoms with Crippen molar-refractivity contribution in [1.82, 2.24) is 0 Å². The maximum absolute atomic E-state index is 12.3. The second-order valence-corrected chi connectivity index (χ2v) is 2.21. The van der Waals surface area contributed by atoms with Crippen molar-refractivity contribution in [3.63, 3.8) is 0 Å². The van der Waals surface area contributed by atoms with Crippen LogP contribution >= 0.6 is 0 Å². The third-order valence-corrected chi connectivity index (χ3v) is 1.43. The van der Waals surface area contributed by atoms with E-state index >= 15 is 0 Å². The molecule has 0 fully saturated rings. The fraction of sp³-hybridized carbons (Fsp3) is 0. The minimum atomic E-state index is -1.53. The second kappa shape index (κ2) is 2.65. The number of benzene rings is 1. The summed E-state index contributed by atoms with van der Waals surface area (Å²) in [5.41, 5.74) is 0. The first kappa shape index (κ1) is 8.26. The molecule has 0 aliphatic carbocycles. The highest BCUT2D eigenvalue weighted by atomic mass is 32.1. The molecular formula is C6HF4S-. The lowest BCUT2D eigenvalue weighted by atomic mass is 10.3. The summed E-state index contributed by atoms with van der Waals surface area (Å²) < 4.78 is 48.9. The Labute approximate surface area is 65.2 Å². The predicted molar refractivity (Wildman–Crippen MR) is 31.9 cm³/mol. The zero-order valence-corrected chi connectivity index (χ0v) is 5.81. The van der Waals surface area contributed by atoms with Gasteiger partial charge >= 0.3 is 0 Å². The molecular weight excluding hydrogens is 180 g/mol. The van der Waals surface area contributed by atoms with Crippen molar-refractivity contribution in [3.8, 4) is 0 Å². The van der Waals surface area contributed by atoms with Crippen molar-refractivity contribution < 1.29 is 17.6 Å². The number of halogens is 4. The Balaban J connectivity index is 3.46. The van der Waals surface area contributed by atoms with E-state index in [0.717, 1.165) is 0 Å². The van der Waals surface area contributed by atoms with Crippen LogP contribution in [0.15, 0.2) is 11.0 Å². The molecule has 0 aliphatic rings. The molecule has 0 amide bonds. The van der Waals surface area contributed by atoms with Gasteiger partial charge in [0.2, 0.25) is 0 Å². The molecule has 0 aromatic heterocycles. The Morgan fingerprint density at radius 1 is 0.909 bits per heavy atom. The van der Waals surface area contributed by atoms with E-state index in [2.05, 4.69) is 12.6 Å². The molecule has 0 aliphatic heterocycles. The van der Waals surface area contributed by atoms with Gasteiger partial charge in [0, 0.05) is 6.07 Å². The molecule has 0 N–H and O–H groups in total. The molecule has 60 valence electrons. The van der Waals surface area contributed by atoms with Gasteiger partial charge in [-0.2, -0.15) is 0 Å². The molecule has 0 saturated heterocycles. The first-order valence-corrected chi connectivity index (χ1v) is 2.95. The third kappa shape index (κ3) is 1.28. The summed E-state index contributed by atoms with van der Waals surface area (Å²) >= 11 is 4.04. The highest BCUT2D eigenvalue weighted by Crippen LogP contribution is 2.17. The summed E-state index contributed by atoms with van der Waals surface area (Å²) in [5, 5.41) is 0. The van der Waals surface area contributed by atoms with Crippen LogP contribution in [0.5, 0.6) is 0 Å². The minimum Gasteiger partial charge on any atom is -0.774 e. The van der Waals surface area contributed by atoms with Crippen LogP contribution in [0.25, 0.3) is 0 Å². The number of hydrogen-bond acceptors (Lipinski definition) is 1. The van der Waals surface area contributed by atoms with Crippen LogP contribution in [-0.2, 0) is 12.6 Å². The number of hydrogen-bond donors (Lipinski definition) is 0. The average Bonchev–Trinajstić information content (AvgIpc) is 1.97. The largest absolute Gasteiger partial charge is 0.774 e. The van der Waals surface area contributed by atoms with E-state index < -0.39 is 28.2 Å². The molecule has 0 nitrogen and oxygen atoms in total. The van der Waals surface area contributed by atoms with Gasteiger partial charge in [-0.15, -0.1) is 0 Å². The van der Waals surface area contributed by atoms with E-state index in [9.17, 15) is 17.6 Å². The van der Waals surface area contributed by atoms with Gasteiger partial charge in [-0.05, 0) is 0 Å². The Morgan fingerprint density at radius 3 is 1.64 bits per heavy atom. The maximum atomic E-state index is 12.3. The summed E-state index contributed by atoms with van der Waals surface area (Å²) in [6.45, 7) is 0. The Hall–Kier alpha value is -0.840. The lowest BCUT2D eigenvalue weighted by molar-refractivity contribution is 0.426. The van der Waals surface area contributed by atoms with E-state index in [-0.39, 0.29) is 6.07 Å². The van der Waals surface area contributed by atoms with E-state index in [1.807, 2.05) is 0 Å². The lowest BCUT2D eigenvalue weighted by Gasteiger charge is -2.09. The molecule has 11 heavy (non-hydrogen) atoms. The first-order valence-electron chi connectivity index (χ1n) is 2.54. The lowest BCUT2D eigenvalue weighted by Crippen LogP contribution is -1.96. The second-order valence-electron chi connectivity index (χ2n) is 1.80. The topological polar surface area (TPSA) is 0 Å². The minimum absolute atomic E-state index is 0.112. The zero-order valence-electron chi connectivity index (χ0n) is 5.00. The molecule has 1 rings (SSSR count). The van der Waals surface area contributed by atoms with Crippen molar-refractivity contribution in [2.75, 3.05) is 0 Å².